The highest BCUT2D eigenvalue weighted by molar-refractivity contribution is 6.42. The van der Waals surface area contributed by atoms with Gasteiger partial charge < -0.3 is 14.8 Å². The van der Waals surface area contributed by atoms with Crippen molar-refractivity contribution in [1.29, 1.82) is 0 Å². The maximum absolute atomic E-state index is 12.1. The molecule has 3 rings (SSSR count). The first-order chi connectivity index (χ1) is 16.3. The SMILES string of the molecule is COc1cc(C(C)=NNC(=O)C(=O)Nc2cc(Cl)ccc2Cl)ccc1OCc1ccc(Cl)cc1. The molecule has 34 heavy (non-hydrogen) atoms. The first kappa shape index (κ1) is 25.4. The molecule has 0 spiro atoms. The van der Waals surface area contributed by atoms with Crippen LogP contribution in [0.4, 0.5) is 5.69 Å². The molecule has 0 atom stereocenters. The number of ether oxygens (including phenoxy) is 2. The molecule has 0 aliphatic carbocycles. The summed E-state index contributed by atoms with van der Waals surface area (Å²) >= 11 is 17.8. The summed E-state index contributed by atoms with van der Waals surface area (Å²) in [6, 6.07) is 17.1. The van der Waals surface area contributed by atoms with Gasteiger partial charge in [0.1, 0.15) is 6.61 Å². The summed E-state index contributed by atoms with van der Waals surface area (Å²) in [5, 5.41) is 7.64. The number of benzene rings is 3. The van der Waals surface area contributed by atoms with Crippen LogP contribution in [-0.2, 0) is 16.2 Å². The molecule has 0 saturated heterocycles. The Kier molecular flexibility index (Phi) is 8.76. The Balaban J connectivity index is 1.63. The summed E-state index contributed by atoms with van der Waals surface area (Å²) in [5.41, 5.74) is 4.50. The van der Waals surface area contributed by atoms with Gasteiger partial charge in [0, 0.05) is 15.6 Å². The van der Waals surface area contributed by atoms with E-state index in [9.17, 15) is 9.59 Å². The van der Waals surface area contributed by atoms with Crippen molar-refractivity contribution in [3.8, 4) is 11.5 Å². The minimum absolute atomic E-state index is 0.217. The fourth-order valence-corrected chi connectivity index (χ4v) is 3.24. The van der Waals surface area contributed by atoms with E-state index in [2.05, 4.69) is 15.8 Å². The number of hydrogen-bond donors (Lipinski definition) is 2. The number of methoxy groups -OCH3 is 1. The van der Waals surface area contributed by atoms with E-state index in [1.54, 1.807) is 43.3 Å². The number of rotatable bonds is 7. The summed E-state index contributed by atoms with van der Waals surface area (Å²) in [7, 11) is 1.52. The number of hydrazone groups is 1. The van der Waals surface area contributed by atoms with Crippen LogP contribution in [0.15, 0.2) is 65.8 Å². The Bertz CT molecular complexity index is 1230. The average Bonchev–Trinajstić information content (AvgIpc) is 2.84. The molecule has 0 aromatic heterocycles. The smallest absolute Gasteiger partial charge is 0.329 e. The Hall–Kier alpha value is -3.26. The molecule has 10 heteroatoms. The number of nitrogens with one attached hydrogen (secondary N) is 2. The molecule has 0 unspecified atom stereocenters. The largest absolute Gasteiger partial charge is 0.493 e. The maximum Gasteiger partial charge on any atom is 0.329 e. The summed E-state index contributed by atoms with van der Waals surface area (Å²) < 4.78 is 11.3. The van der Waals surface area contributed by atoms with Crippen molar-refractivity contribution >= 4 is 58.0 Å². The Morgan fingerprint density at radius 3 is 2.29 bits per heavy atom. The molecule has 3 aromatic rings. The number of amides is 2. The molecule has 3 aromatic carbocycles. The van der Waals surface area contributed by atoms with Crippen LogP contribution in [0.1, 0.15) is 18.1 Å². The number of halogens is 3. The lowest BCUT2D eigenvalue weighted by atomic mass is 10.1. The quantitative estimate of drug-likeness (QED) is 0.237. The molecular weight excluding hydrogens is 501 g/mol. The highest BCUT2D eigenvalue weighted by Gasteiger charge is 2.15. The number of hydrogen-bond acceptors (Lipinski definition) is 5. The second-order valence-electron chi connectivity index (χ2n) is 7.00. The van der Waals surface area contributed by atoms with Gasteiger partial charge in [0.15, 0.2) is 11.5 Å². The number of nitrogens with zero attached hydrogens (tertiary/aromatic N) is 1. The van der Waals surface area contributed by atoms with Crippen LogP contribution < -0.4 is 20.2 Å². The monoisotopic (exact) mass is 519 g/mol. The van der Waals surface area contributed by atoms with Crippen LogP contribution in [0, 0.1) is 0 Å². The van der Waals surface area contributed by atoms with E-state index in [1.165, 1.54) is 19.2 Å². The van der Waals surface area contributed by atoms with E-state index in [-0.39, 0.29) is 10.7 Å². The van der Waals surface area contributed by atoms with Gasteiger partial charge in [-0.25, -0.2) is 5.43 Å². The predicted octanol–water partition coefficient (Wildman–Crippen LogP) is 5.71. The van der Waals surface area contributed by atoms with E-state index in [1.807, 2.05) is 12.1 Å². The molecule has 7 nitrogen and oxygen atoms in total. The van der Waals surface area contributed by atoms with Crippen LogP contribution in [0.2, 0.25) is 15.1 Å². The molecule has 2 N–H and O–H groups in total. The van der Waals surface area contributed by atoms with Crippen molar-refractivity contribution in [1.82, 2.24) is 5.43 Å². The standard InChI is InChI=1S/C24H20Cl3N3O4/c1-14(29-30-24(32)23(31)28-20-12-18(26)8-9-19(20)27)16-5-10-21(22(11-16)33-2)34-13-15-3-6-17(25)7-4-15/h3-12H,13H2,1-2H3,(H,28,31)(H,30,32). The zero-order chi connectivity index (χ0) is 24.7. The third kappa shape index (κ3) is 6.87. The lowest BCUT2D eigenvalue weighted by molar-refractivity contribution is -0.136. The van der Waals surface area contributed by atoms with Gasteiger partial charge in [0.2, 0.25) is 0 Å². The van der Waals surface area contributed by atoms with Crippen molar-refractivity contribution in [3.63, 3.8) is 0 Å². The zero-order valence-corrected chi connectivity index (χ0v) is 20.5. The minimum Gasteiger partial charge on any atom is -0.493 e. The van der Waals surface area contributed by atoms with E-state index < -0.39 is 11.8 Å². The summed E-state index contributed by atoms with van der Waals surface area (Å²) in [6.45, 7) is 2.01. The van der Waals surface area contributed by atoms with Crippen molar-refractivity contribution < 1.29 is 19.1 Å². The highest BCUT2D eigenvalue weighted by Crippen LogP contribution is 2.29. The van der Waals surface area contributed by atoms with Crippen LogP contribution in [0.5, 0.6) is 11.5 Å². The molecule has 176 valence electrons. The Labute approximate surface area is 211 Å². The van der Waals surface area contributed by atoms with E-state index in [4.69, 9.17) is 44.3 Å². The number of carbonyl (C=O) groups is 2. The van der Waals surface area contributed by atoms with Crippen LogP contribution in [-0.4, -0.2) is 24.6 Å². The van der Waals surface area contributed by atoms with E-state index in [0.717, 1.165) is 5.56 Å². The van der Waals surface area contributed by atoms with Gasteiger partial charge in [-0.05, 0) is 61.0 Å². The molecule has 2 amide bonds. The number of carbonyl (C=O) groups excluding carboxylic acids is 2. The first-order valence-corrected chi connectivity index (χ1v) is 11.1. The van der Waals surface area contributed by atoms with Crippen molar-refractivity contribution in [2.45, 2.75) is 13.5 Å². The predicted molar refractivity (Wildman–Crippen MR) is 134 cm³/mol. The molecule has 0 saturated carbocycles. The summed E-state index contributed by atoms with van der Waals surface area (Å²) in [5.74, 6) is -0.883. The summed E-state index contributed by atoms with van der Waals surface area (Å²) in [4.78, 5) is 24.3. The van der Waals surface area contributed by atoms with Crippen LogP contribution in [0.25, 0.3) is 0 Å². The lowest BCUT2D eigenvalue weighted by Gasteiger charge is -2.12. The summed E-state index contributed by atoms with van der Waals surface area (Å²) in [6.07, 6.45) is 0. The zero-order valence-electron chi connectivity index (χ0n) is 18.2. The second kappa shape index (κ2) is 11.7. The third-order valence-electron chi connectivity index (χ3n) is 4.60. The van der Waals surface area contributed by atoms with E-state index in [0.29, 0.717) is 39.4 Å². The minimum atomic E-state index is -0.967. The van der Waals surface area contributed by atoms with Crippen LogP contribution in [0.3, 0.4) is 0 Å². The molecular formula is C24H20Cl3N3O4. The maximum atomic E-state index is 12.1. The van der Waals surface area contributed by atoms with Crippen molar-refractivity contribution in [2.75, 3.05) is 12.4 Å². The molecule has 0 bridgehead atoms. The van der Waals surface area contributed by atoms with Gasteiger partial charge in [-0.2, -0.15) is 5.10 Å². The lowest BCUT2D eigenvalue weighted by Crippen LogP contribution is -2.33. The fourth-order valence-electron chi connectivity index (χ4n) is 2.78. The molecule has 0 radical (unpaired) electrons. The Morgan fingerprint density at radius 1 is 0.882 bits per heavy atom. The molecule has 0 aliphatic heterocycles. The number of anilines is 1. The molecule has 0 heterocycles. The topological polar surface area (TPSA) is 89.0 Å². The highest BCUT2D eigenvalue weighted by atomic mass is 35.5. The average molecular weight is 521 g/mol. The van der Waals surface area contributed by atoms with Crippen LogP contribution >= 0.6 is 34.8 Å². The van der Waals surface area contributed by atoms with Gasteiger partial charge in [0.05, 0.1) is 23.5 Å². The Morgan fingerprint density at radius 2 is 1.59 bits per heavy atom. The molecule has 0 aliphatic rings. The van der Waals surface area contributed by atoms with Gasteiger partial charge in [-0.1, -0.05) is 46.9 Å². The first-order valence-electron chi connectivity index (χ1n) is 9.93. The van der Waals surface area contributed by atoms with Gasteiger partial charge in [-0.15, -0.1) is 0 Å². The van der Waals surface area contributed by atoms with Gasteiger partial charge in [0.25, 0.3) is 0 Å². The normalized spacial score (nSPS) is 11.0. The fraction of sp³-hybridized carbons (Fsp3) is 0.125. The molecule has 0 fully saturated rings. The third-order valence-corrected chi connectivity index (χ3v) is 5.41. The van der Waals surface area contributed by atoms with E-state index >= 15 is 0 Å². The van der Waals surface area contributed by atoms with Crippen molar-refractivity contribution in [2.24, 2.45) is 5.10 Å². The van der Waals surface area contributed by atoms with Crippen molar-refractivity contribution in [3.05, 3.63) is 86.9 Å². The second-order valence-corrected chi connectivity index (χ2v) is 8.28. The van der Waals surface area contributed by atoms with Gasteiger partial charge >= 0.3 is 11.8 Å². The van der Waals surface area contributed by atoms with Gasteiger partial charge in [-0.3, -0.25) is 9.59 Å².